The molecule has 0 aliphatic heterocycles. The minimum atomic E-state index is -0.629. The van der Waals surface area contributed by atoms with Crippen LogP contribution in [0.15, 0.2) is 48.5 Å². The first-order chi connectivity index (χ1) is 13.6. The Bertz CT molecular complexity index is 889. The van der Waals surface area contributed by atoms with Gasteiger partial charge >= 0.3 is 12.1 Å². The van der Waals surface area contributed by atoms with E-state index in [-0.39, 0.29) is 18.8 Å². The summed E-state index contributed by atoms with van der Waals surface area (Å²) in [6, 6.07) is 13.1. The molecule has 29 heavy (non-hydrogen) atoms. The second kappa shape index (κ2) is 9.59. The van der Waals surface area contributed by atoms with Gasteiger partial charge in [0.2, 0.25) is 0 Å². The fourth-order valence-corrected chi connectivity index (χ4v) is 2.26. The first-order valence-electron chi connectivity index (χ1n) is 8.89. The van der Waals surface area contributed by atoms with E-state index in [1.165, 1.54) is 6.07 Å². The molecule has 0 spiro atoms. The maximum atomic E-state index is 12.3. The van der Waals surface area contributed by atoms with E-state index < -0.39 is 23.6 Å². The van der Waals surface area contributed by atoms with Crippen LogP contribution in [0.5, 0.6) is 5.75 Å². The first kappa shape index (κ1) is 21.7. The molecule has 8 nitrogen and oxygen atoms in total. The molecule has 0 aliphatic rings. The number of rotatable bonds is 7. The summed E-state index contributed by atoms with van der Waals surface area (Å²) in [5.74, 6) is -0.691. The van der Waals surface area contributed by atoms with Crippen LogP contribution in [0.25, 0.3) is 0 Å². The number of nitrogens with two attached hydrogens (primary N) is 1. The second-order valence-electron chi connectivity index (χ2n) is 7.19. The fraction of sp³-hybridized carbons (Fsp3) is 0.286. The van der Waals surface area contributed by atoms with Crippen molar-refractivity contribution in [1.29, 1.82) is 0 Å². The molecule has 0 aliphatic carbocycles. The molecule has 0 unspecified atom stereocenters. The average Bonchev–Trinajstić information content (AvgIpc) is 2.63. The standard InChI is InChI=1S/C21H24N2O6/c1-21(2,3)29-20(26)23-16-8-5-7-15(11-16)19(25)28-12-14-6-4-9-17(10-14)27-13-18(22)24/h4-11H,12-13H2,1-3H3,(H2,22,24)(H,23,26). The lowest BCUT2D eigenvalue weighted by atomic mass is 10.2. The number of primary amides is 1. The van der Waals surface area contributed by atoms with Crippen LogP contribution >= 0.6 is 0 Å². The second-order valence-corrected chi connectivity index (χ2v) is 7.19. The topological polar surface area (TPSA) is 117 Å². The van der Waals surface area contributed by atoms with Crippen molar-refractivity contribution in [2.24, 2.45) is 5.73 Å². The predicted octanol–water partition coefficient (Wildman–Crippen LogP) is 3.25. The van der Waals surface area contributed by atoms with E-state index in [1.54, 1.807) is 63.2 Å². The van der Waals surface area contributed by atoms with E-state index in [4.69, 9.17) is 19.9 Å². The zero-order chi connectivity index (χ0) is 21.4. The largest absolute Gasteiger partial charge is 0.484 e. The van der Waals surface area contributed by atoms with Gasteiger partial charge in [-0.15, -0.1) is 0 Å². The first-order valence-corrected chi connectivity index (χ1v) is 8.89. The number of anilines is 1. The molecule has 0 bridgehead atoms. The Labute approximate surface area is 168 Å². The van der Waals surface area contributed by atoms with E-state index in [0.717, 1.165) is 0 Å². The Morgan fingerprint density at radius 1 is 1.03 bits per heavy atom. The van der Waals surface area contributed by atoms with E-state index >= 15 is 0 Å². The lowest BCUT2D eigenvalue weighted by Gasteiger charge is -2.19. The summed E-state index contributed by atoms with van der Waals surface area (Å²) in [6.07, 6.45) is -0.615. The van der Waals surface area contributed by atoms with Crippen molar-refractivity contribution >= 4 is 23.7 Å². The van der Waals surface area contributed by atoms with Gasteiger partial charge in [-0.2, -0.15) is 0 Å². The Kier molecular flexibility index (Phi) is 7.19. The molecule has 0 aromatic heterocycles. The molecule has 3 N–H and O–H groups in total. The van der Waals surface area contributed by atoms with Crippen LogP contribution in [0.2, 0.25) is 0 Å². The smallest absolute Gasteiger partial charge is 0.412 e. The molecule has 2 amide bonds. The van der Waals surface area contributed by atoms with E-state index in [0.29, 0.717) is 17.0 Å². The van der Waals surface area contributed by atoms with Crippen LogP contribution in [0.4, 0.5) is 10.5 Å². The molecule has 0 atom stereocenters. The van der Waals surface area contributed by atoms with Gasteiger partial charge in [-0.05, 0) is 56.7 Å². The number of hydrogen-bond acceptors (Lipinski definition) is 6. The van der Waals surface area contributed by atoms with Crippen LogP contribution in [0, 0.1) is 0 Å². The van der Waals surface area contributed by atoms with Gasteiger partial charge in [0.1, 0.15) is 18.0 Å². The third kappa shape index (κ3) is 7.92. The number of carbonyl (C=O) groups is 3. The van der Waals surface area contributed by atoms with Crippen molar-refractivity contribution in [3.8, 4) is 5.75 Å². The van der Waals surface area contributed by atoms with Gasteiger partial charge in [-0.25, -0.2) is 9.59 Å². The van der Waals surface area contributed by atoms with Crippen molar-refractivity contribution in [2.75, 3.05) is 11.9 Å². The minimum Gasteiger partial charge on any atom is -0.484 e. The summed E-state index contributed by atoms with van der Waals surface area (Å²) in [5, 5.41) is 2.57. The molecule has 2 aromatic rings. The van der Waals surface area contributed by atoms with E-state index in [2.05, 4.69) is 5.32 Å². The zero-order valence-corrected chi connectivity index (χ0v) is 16.6. The molecule has 0 saturated carbocycles. The zero-order valence-electron chi connectivity index (χ0n) is 16.6. The monoisotopic (exact) mass is 400 g/mol. The van der Waals surface area contributed by atoms with E-state index in [9.17, 15) is 14.4 Å². The van der Waals surface area contributed by atoms with Crippen molar-refractivity contribution in [2.45, 2.75) is 33.0 Å². The van der Waals surface area contributed by atoms with Gasteiger partial charge < -0.3 is 19.9 Å². The molecular formula is C21H24N2O6. The summed E-state index contributed by atoms with van der Waals surface area (Å²) < 4.78 is 15.7. The normalized spacial score (nSPS) is 10.7. The maximum absolute atomic E-state index is 12.3. The van der Waals surface area contributed by atoms with Crippen molar-refractivity contribution < 1.29 is 28.6 Å². The van der Waals surface area contributed by atoms with Gasteiger partial charge in [0.25, 0.3) is 5.91 Å². The molecule has 0 radical (unpaired) electrons. The number of hydrogen-bond donors (Lipinski definition) is 2. The van der Waals surface area contributed by atoms with Gasteiger partial charge in [-0.1, -0.05) is 18.2 Å². The van der Waals surface area contributed by atoms with Gasteiger partial charge in [-0.3, -0.25) is 10.1 Å². The number of amides is 2. The fourth-order valence-electron chi connectivity index (χ4n) is 2.26. The van der Waals surface area contributed by atoms with Gasteiger partial charge in [0, 0.05) is 5.69 Å². The summed E-state index contributed by atoms with van der Waals surface area (Å²) in [7, 11) is 0. The lowest BCUT2D eigenvalue weighted by molar-refractivity contribution is -0.119. The predicted molar refractivity (Wildman–Crippen MR) is 107 cm³/mol. The van der Waals surface area contributed by atoms with Gasteiger partial charge in [0.05, 0.1) is 5.56 Å². The third-order valence-corrected chi connectivity index (χ3v) is 3.39. The summed E-state index contributed by atoms with van der Waals surface area (Å²) in [5.41, 5.74) is 5.79. The average molecular weight is 400 g/mol. The van der Waals surface area contributed by atoms with E-state index in [1.807, 2.05) is 0 Å². The van der Waals surface area contributed by atoms with Gasteiger partial charge in [0.15, 0.2) is 6.61 Å². The summed E-state index contributed by atoms with van der Waals surface area (Å²) >= 11 is 0. The highest BCUT2D eigenvalue weighted by molar-refractivity contribution is 5.92. The number of benzene rings is 2. The molecule has 0 saturated heterocycles. The van der Waals surface area contributed by atoms with Crippen LogP contribution in [-0.2, 0) is 20.9 Å². The quantitative estimate of drug-likeness (QED) is 0.689. The number of esters is 1. The molecule has 8 heteroatoms. The number of ether oxygens (including phenoxy) is 3. The van der Waals surface area contributed by atoms with Crippen molar-refractivity contribution in [3.63, 3.8) is 0 Å². The SMILES string of the molecule is CC(C)(C)OC(=O)Nc1cccc(C(=O)OCc2cccc(OCC(N)=O)c2)c1. The molecule has 0 heterocycles. The number of carbonyl (C=O) groups excluding carboxylic acids is 3. The Hall–Kier alpha value is -3.55. The third-order valence-electron chi connectivity index (χ3n) is 3.39. The highest BCUT2D eigenvalue weighted by Crippen LogP contribution is 2.17. The highest BCUT2D eigenvalue weighted by Gasteiger charge is 2.17. The summed E-state index contributed by atoms with van der Waals surface area (Å²) in [4.78, 5) is 35.0. The lowest BCUT2D eigenvalue weighted by Crippen LogP contribution is -2.27. The van der Waals surface area contributed by atoms with Crippen molar-refractivity contribution in [1.82, 2.24) is 0 Å². The molecule has 2 aromatic carbocycles. The maximum Gasteiger partial charge on any atom is 0.412 e. The van der Waals surface area contributed by atoms with Crippen LogP contribution in [-0.4, -0.2) is 30.2 Å². The molecular weight excluding hydrogens is 376 g/mol. The Morgan fingerprint density at radius 2 is 1.76 bits per heavy atom. The molecule has 154 valence electrons. The number of nitrogens with one attached hydrogen (secondary N) is 1. The van der Waals surface area contributed by atoms with Crippen molar-refractivity contribution in [3.05, 3.63) is 59.7 Å². The van der Waals surface area contributed by atoms with Crippen LogP contribution < -0.4 is 15.8 Å². The molecule has 0 fully saturated rings. The Morgan fingerprint density at radius 3 is 2.45 bits per heavy atom. The highest BCUT2D eigenvalue weighted by atomic mass is 16.6. The van der Waals surface area contributed by atoms with Crippen LogP contribution in [0.1, 0.15) is 36.7 Å². The molecule has 2 rings (SSSR count). The van der Waals surface area contributed by atoms with Crippen LogP contribution in [0.3, 0.4) is 0 Å². The summed E-state index contributed by atoms with van der Waals surface area (Å²) in [6.45, 7) is 5.05. The minimum absolute atomic E-state index is 0.0102. The Balaban J connectivity index is 1.95.